The molecule has 1 aliphatic rings. The third kappa shape index (κ3) is 5.71. The highest BCUT2D eigenvalue weighted by Gasteiger charge is 2.34. The van der Waals surface area contributed by atoms with Gasteiger partial charge in [-0.15, -0.1) is 11.3 Å². The van der Waals surface area contributed by atoms with E-state index >= 15 is 0 Å². The molecule has 0 saturated heterocycles. The molecule has 0 N–H and O–H groups in total. The van der Waals surface area contributed by atoms with Crippen LogP contribution < -0.4 is 0 Å². The number of aryl methyl sites for hydroxylation is 1. The Balaban J connectivity index is 1.58. The Morgan fingerprint density at radius 2 is 1.75 bits per heavy atom. The third-order valence-electron chi connectivity index (χ3n) is 6.86. The molecule has 2 heterocycles. The van der Waals surface area contributed by atoms with E-state index in [0.717, 1.165) is 12.0 Å². The van der Waals surface area contributed by atoms with Crippen molar-refractivity contribution in [1.29, 1.82) is 0 Å². The second kappa shape index (κ2) is 11.0. The van der Waals surface area contributed by atoms with E-state index in [4.69, 9.17) is 4.74 Å². The van der Waals surface area contributed by atoms with Crippen molar-refractivity contribution in [2.45, 2.75) is 45.6 Å². The number of ether oxygens (including phenoxy) is 1. The summed E-state index contributed by atoms with van der Waals surface area (Å²) in [6.45, 7) is 9.89. The van der Waals surface area contributed by atoms with Crippen LogP contribution in [0.5, 0.6) is 0 Å². The highest BCUT2D eigenvalue weighted by atomic mass is 32.1. The van der Waals surface area contributed by atoms with Crippen LogP contribution in [-0.2, 0) is 21.4 Å². The lowest BCUT2D eigenvalue weighted by molar-refractivity contribution is -0.134. The lowest BCUT2D eigenvalue weighted by Gasteiger charge is -2.37. The van der Waals surface area contributed by atoms with Gasteiger partial charge in [0, 0.05) is 30.6 Å². The number of amides is 2. The Morgan fingerprint density at radius 1 is 1.06 bits per heavy atom. The Bertz CT molecular complexity index is 1190. The molecule has 1 atom stereocenters. The molecule has 0 radical (unpaired) electrons. The van der Waals surface area contributed by atoms with Crippen LogP contribution >= 0.6 is 11.3 Å². The number of carbonyl (C=O) groups is 2. The van der Waals surface area contributed by atoms with E-state index in [1.54, 1.807) is 23.3 Å². The molecule has 1 aliphatic heterocycles. The standard InChI is InChI=1S/C30H36N2O3S/c1-21-6-8-22(9-7-21)28-25-15-19-36-26(25)14-16-32(28)27(33)20-31(17-18-35-5)29(34)23-10-12-24(13-11-23)30(2,3)4/h6-13,15,19,28H,14,16-18,20H2,1-5H3. The van der Waals surface area contributed by atoms with Gasteiger partial charge < -0.3 is 14.5 Å². The van der Waals surface area contributed by atoms with Crippen LogP contribution in [0.15, 0.2) is 60.0 Å². The summed E-state index contributed by atoms with van der Waals surface area (Å²) in [5.74, 6) is -0.200. The van der Waals surface area contributed by atoms with Crippen molar-refractivity contribution in [2.24, 2.45) is 0 Å². The SMILES string of the molecule is COCCN(CC(=O)N1CCc2sccc2C1c1ccc(C)cc1)C(=O)c1ccc(C(C)(C)C)cc1. The zero-order chi connectivity index (χ0) is 25.9. The molecule has 2 aromatic carbocycles. The summed E-state index contributed by atoms with van der Waals surface area (Å²) in [4.78, 5) is 32.1. The summed E-state index contributed by atoms with van der Waals surface area (Å²) in [6.07, 6.45) is 0.835. The largest absolute Gasteiger partial charge is 0.383 e. The molecule has 0 aliphatic carbocycles. The van der Waals surface area contributed by atoms with Crippen LogP contribution in [0.1, 0.15) is 64.3 Å². The van der Waals surface area contributed by atoms with E-state index in [1.807, 2.05) is 29.2 Å². The summed E-state index contributed by atoms with van der Waals surface area (Å²) < 4.78 is 5.27. The van der Waals surface area contributed by atoms with Crippen LogP contribution in [0, 0.1) is 6.92 Å². The van der Waals surface area contributed by atoms with E-state index in [1.165, 1.54) is 21.6 Å². The molecular formula is C30H36N2O3S. The molecule has 0 saturated carbocycles. The van der Waals surface area contributed by atoms with Gasteiger partial charge in [0.25, 0.3) is 5.91 Å². The van der Waals surface area contributed by atoms with Crippen molar-refractivity contribution in [3.05, 3.63) is 92.7 Å². The average Bonchev–Trinajstić information content (AvgIpc) is 3.34. The Labute approximate surface area is 218 Å². The van der Waals surface area contributed by atoms with Crippen molar-refractivity contribution >= 4 is 23.2 Å². The molecule has 2 amide bonds. The minimum atomic E-state index is -0.152. The normalized spacial score (nSPS) is 15.5. The lowest BCUT2D eigenvalue weighted by atomic mass is 9.86. The van der Waals surface area contributed by atoms with Gasteiger partial charge in [-0.25, -0.2) is 0 Å². The molecule has 190 valence electrons. The first-order valence-electron chi connectivity index (χ1n) is 12.5. The van der Waals surface area contributed by atoms with Gasteiger partial charge in [-0.3, -0.25) is 9.59 Å². The van der Waals surface area contributed by atoms with E-state index in [-0.39, 0.29) is 29.8 Å². The fraction of sp³-hybridized carbons (Fsp3) is 0.400. The van der Waals surface area contributed by atoms with Crippen molar-refractivity contribution in [3.8, 4) is 0 Å². The van der Waals surface area contributed by atoms with Gasteiger partial charge in [-0.05, 0) is 59.0 Å². The predicted molar refractivity (Wildman–Crippen MR) is 146 cm³/mol. The summed E-state index contributed by atoms with van der Waals surface area (Å²) in [5, 5.41) is 2.11. The molecule has 4 rings (SSSR count). The van der Waals surface area contributed by atoms with Gasteiger partial charge in [-0.2, -0.15) is 0 Å². The summed E-state index contributed by atoms with van der Waals surface area (Å²) in [7, 11) is 1.61. The Hall–Kier alpha value is -2.96. The number of hydrogen-bond acceptors (Lipinski definition) is 4. The molecule has 0 fully saturated rings. The van der Waals surface area contributed by atoms with E-state index in [0.29, 0.717) is 25.3 Å². The van der Waals surface area contributed by atoms with Crippen molar-refractivity contribution in [2.75, 3.05) is 33.4 Å². The second-order valence-corrected chi connectivity index (χ2v) is 11.5. The fourth-order valence-corrected chi connectivity index (χ4v) is 5.60. The van der Waals surface area contributed by atoms with Crippen LogP contribution in [0.2, 0.25) is 0 Å². The number of fused-ring (bicyclic) bond motifs is 1. The molecule has 6 heteroatoms. The molecule has 3 aromatic rings. The van der Waals surface area contributed by atoms with Crippen LogP contribution in [0.25, 0.3) is 0 Å². The molecule has 0 bridgehead atoms. The second-order valence-electron chi connectivity index (χ2n) is 10.5. The highest BCUT2D eigenvalue weighted by molar-refractivity contribution is 7.10. The maximum atomic E-state index is 13.8. The van der Waals surface area contributed by atoms with Gasteiger partial charge in [0.15, 0.2) is 0 Å². The topological polar surface area (TPSA) is 49.9 Å². The maximum Gasteiger partial charge on any atom is 0.254 e. The minimum absolute atomic E-state index is 0.00699. The fourth-order valence-electron chi connectivity index (χ4n) is 4.70. The van der Waals surface area contributed by atoms with Crippen LogP contribution in [0.3, 0.4) is 0 Å². The smallest absolute Gasteiger partial charge is 0.254 e. The predicted octanol–water partition coefficient (Wildman–Crippen LogP) is 5.62. The molecule has 5 nitrogen and oxygen atoms in total. The molecule has 36 heavy (non-hydrogen) atoms. The summed E-state index contributed by atoms with van der Waals surface area (Å²) in [6, 6.07) is 18.1. The van der Waals surface area contributed by atoms with Crippen molar-refractivity contribution in [3.63, 3.8) is 0 Å². The van der Waals surface area contributed by atoms with Gasteiger partial charge in [0.2, 0.25) is 5.91 Å². The zero-order valence-corrected chi connectivity index (χ0v) is 22.7. The van der Waals surface area contributed by atoms with E-state index in [9.17, 15) is 9.59 Å². The monoisotopic (exact) mass is 504 g/mol. The average molecular weight is 505 g/mol. The van der Waals surface area contributed by atoms with Gasteiger partial charge >= 0.3 is 0 Å². The first kappa shape index (κ1) is 26.1. The molecular weight excluding hydrogens is 468 g/mol. The number of thiophene rings is 1. The summed E-state index contributed by atoms with van der Waals surface area (Å²) >= 11 is 1.75. The number of nitrogens with zero attached hydrogens (tertiary/aromatic N) is 2. The van der Waals surface area contributed by atoms with Crippen LogP contribution in [-0.4, -0.2) is 55.0 Å². The quantitative estimate of drug-likeness (QED) is 0.420. The van der Waals surface area contributed by atoms with Gasteiger partial charge in [0.1, 0.15) is 6.54 Å². The molecule has 0 spiro atoms. The highest BCUT2D eigenvalue weighted by Crippen LogP contribution is 2.38. The Kier molecular flexibility index (Phi) is 7.96. The first-order valence-corrected chi connectivity index (χ1v) is 13.4. The van der Waals surface area contributed by atoms with E-state index < -0.39 is 0 Å². The summed E-state index contributed by atoms with van der Waals surface area (Å²) in [5.41, 5.74) is 5.23. The number of methoxy groups -OCH3 is 1. The number of hydrogen-bond donors (Lipinski definition) is 0. The Morgan fingerprint density at radius 3 is 2.39 bits per heavy atom. The number of carbonyl (C=O) groups excluding carboxylic acids is 2. The third-order valence-corrected chi connectivity index (χ3v) is 7.85. The number of rotatable bonds is 7. The van der Waals surface area contributed by atoms with E-state index in [2.05, 4.69) is 63.4 Å². The molecule has 1 aromatic heterocycles. The minimum Gasteiger partial charge on any atom is -0.383 e. The van der Waals surface area contributed by atoms with Gasteiger partial charge in [-0.1, -0.05) is 62.7 Å². The first-order chi connectivity index (χ1) is 17.2. The number of benzene rings is 2. The van der Waals surface area contributed by atoms with Crippen molar-refractivity contribution in [1.82, 2.24) is 9.80 Å². The lowest BCUT2D eigenvalue weighted by Crippen LogP contribution is -2.47. The van der Waals surface area contributed by atoms with Gasteiger partial charge in [0.05, 0.1) is 12.6 Å². The van der Waals surface area contributed by atoms with Crippen LogP contribution in [0.4, 0.5) is 0 Å². The molecule has 1 unspecified atom stereocenters. The van der Waals surface area contributed by atoms with Crippen molar-refractivity contribution < 1.29 is 14.3 Å². The maximum absolute atomic E-state index is 13.8. The zero-order valence-electron chi connectivity index (χ0n) is 21.9.